The van der Waals surface area contributed by atoms with Gasteiger partial charge in [0.05, 0.1) is 10.2 Å². The lowest BCUT2D eigenvalue weighted by atomic mass is 10.3. The van der Waals surface area contributed by atoms with Crippen LogP contribution in [0, 0.1) is 0 Å². The van der Waals surface area contributed by atoms with Crippen molar-refractivity contribution in [3.8, 4) is 0 Å². The summed E-state index contributed by atoms with van der Waals surface area (Å²) in [6, 6.07) is 5.78. The second-order valence-corrected chi connectivity index (χ2v) is 6.77. The Hall–Kier alpha value is -1.80. The van der Waals surface area contributed by atoms with Crippen LogP contribution < -0.4 is 4.80 Å². The SMILES string of the molecule is Cn1c(=NC(=O)CN2C(=O)CCC2=O)sc2cccc(Br)c21. The van der Waals surface area contributed by atoms with E-state index in [0.29, 0.717) is 4.80 Å². The average molecular weight is 382 g/mol. The van der Waals surface area contributed by atoms with Crippen molar-refractivity contribution in [2.24, 2.45) is 12.0 Å². The first-order valence-electron chi connectivity index (χ1n) is 6.62. The van der Waals surface area contributed by atoms with E-state index in [1.54, 1.807) is 0 Å². The van der Waals surface area contributed by atoms with Crippen LogP contribution in [0.1, 0.15) is 12.8 Å². The molecule has 114 valence electrons. The highest BCUT2D eigenvalue weighted by Crippen LogP contribution is 2.24. The summed E-state index contributed by atoms with van der Waals surface area (Å²) in [5.41, 5.74) is 0.951. The maximum absolute atomic E-state index is 12.0. The Morgan fingerprint density at radius 2 is 2.00 bits per heavy atom. The topological polar surface area (TPSA) is 71.7 Å². The first-order chi connectivity index (χ1) is 10.5. The molecule has 1 aliphatic heterocycles. The molecule has 6 nitrogen and oxygen atoms in total. The molecule has 0 bridgehead atoms. The number of nitrogens with zero attached hydrogens (tertiary/aromatic N) is 3. The summed E-state index contributed by atoms with van der Waals surface area (Å²) in [4.78, 5) is 40.7. The Morgan fingerprint density at radius 3 is 2.64 bits per heavy atom. The molecule has 2 aromatic rings. The van der Waals surface area contributed by atoms with Crippen LogP contribution in [-0.4, -0.2) is 33.7 Å². The molecular weight excluding hydrogens is 370 g/mol. The molecule has 1 aromatic carbocycles. The fourth-order valence-electron chi connectivity index (χ4n) is 2.34. The van der Waals surface area contributed by atoms with Crippen molar-refractivity contribution in [1.29, 1.82) is 0 Å². The summed E-state index contributed by atoms with van der Waals surface area (Å²) in [7, 11) is 1.82. The minimum Gasteiger partial charge on any atom is -0.318 e. The van der Waals surface area contributed by atoms with Crippen LogP contribution in [0.2, 0.25) is 0 Å². The van der Waals surface area contributed by atoms with Gasteiger partial charge >= 0.3 is 0 Å². The maximum atomic E-state index is 12.0. The monoisotopic (exact) mass is 381 g/mol. The third kappa shape index (κ3) is 2.64. The molecule has 0 saturated carbocycles. The first-order valence-corrected chi connectivity index (χ1v) is 8.23. The van der Waals surface area contributed by atoms with E-state index in [2.05, 4.69) is 20.9 Å². The number of carbonyl (C=O) groups is 3. The number of amides is 3. The largest absolute Gasteiger partial charge is 0.318 e. The van der Waals surface area contributed by atoms with Gasteiger partial charge in [0, 0.05) is 24.4 Å². The molecule has 0 N–H and O–H groups in total. The predicted octanol–water partition coefficient (Wildman–Crippen LogP) is 1.58. The summed E-state index contributed by atoms with van der Waals surface area (Å²) in [5, 5.41) is 0. The number of benzene rings is 1. The van der Waals surface area contributed by atoms with Crippen molar-refractivity contribution >= 4 is 55.2 Å². The molecule has 1 aliphatic rings. The van der Waals surface area contributed by atoms with Gasteiger partial charge in [-0.15, -0.1) is 0 Å². The second kappa shape index (κ2) is 5.77. The number of para-hydroxylation sites is 1. The molecule has 0 radical (unpaired) electrons. The second-order valence-electron chi connectivity index (χ2n) is 4.91. The van der Waals surface area contributed by atoms with Gasteiger partial charge in [0.1, 0.15) is 6.54 Å². The zero-order valence-electron chi connectivity index (χ0n) is 11.7. The number of aromatic nitrogens is 1. The van der Waals surface area contributed by atoms with Gasteiger partial charge in [-0.2, -0.15) is 4.99 Å². The van der Waals surface area contributed by atoms with Crippen LogP contribution in [0.3, 0.4) is 0 Å². The average Bonchev–Trinajstić information content (AvgIpc) is 2.94. The molecule has 0 atom stereocenters. The summed E-state index contributed by atoms with van der Waals surface area (Å²) in [6.07, 6.45) is 0.353. The Balaban J connectivity index is 1.93. The molecule has 8 heteroatoms. The molecule has 0 spiro atoms. The molecule has 1 saturated heterocycles. The van der Waals surface area contributed by atoms with Gasteiger partial charge in [-0.3, -0.25) is 19.3 Å². The quantitative estimate of drug-likeness (QED) is 0.741. The summed E-state index contributed by atoms with van der Waals surface area (Å²) < 4.78 is 3.73. The van der Waals surface area contributed by atoms with E-state index in [1.807, 2.05) is 29.8 Å². The molecule has 2 heterocycles. The molecule has 3 rings (SSSR count). The lowest BCUT2D eigenvalue weighted by molar-refractivity contribution is -0.141. The van der Waals surface area contributed by atoms with Crippen LogP contribution in [0.15, 0.2) is 27.7 Å². The van der Waals surface area contributed by atoms with Gasteiger partial charge < -0.3 is 4.57 Å². The van der Waals surface area contributed by atoms with Gasteiger partial charge in [0.15, 0.2) is 4.80 Å². The minimum absolute atomic E-state index is 0.176. The summed E-state index contributed by atoms with van der Waals surface area (Å²) >= 11 is 4.86. The van der Waals surface area contributed by atoms with E-state index in [4.69, 9.17) is 0 Å². The summed E-state index contributed by atoms with van der Waals surface area (Å²) in [5.74, 6) is -1.11. The molecule has 0 aliphatic carbocycles. The highest BCUT2D eigenvalue weighted by atomic mass is 79.9. The number of imide groups is 1. The fourth-order valence-corrected chi connectivity index (χ4v) is 4.17. The highest BCUT2D eigenvalue weighted by molar-refractivity contribution is 9.10. The van der Waals surface area contributed by atoms with Gasteiger partial charge in [-0.25, -0.2) is 0 Å². The third-order valence-electron chi connectivity index (χ3n) is 3.44. The number of hydrogen-bond donors (Lipinski definition) is 0. The van der Waals surface area contributed by atoms with Crippen molar-refractivity contribution in [1.82, 2.24) is 9.47 Å². The molecule has 1 fully saturated rings. The summed E-state index contributed by atoms with van der Waals surface area (Å²) in [6.45, 7) is -0.285. The Labute approximate surface area is 138 Å². The molecule has 22 heavy (non-hydrogen) atoms. The van der Waals surface area contributed by atoms with Crippen molar-refractivity contribution in [2.75, 3.05) is 6.54 Å². The number of thiazole rings is 1. The minimum atomic E-state index is -0.498. The van der Waals surface area contributed by atoms with Crippen molar-refractivity contribution < 1.29 is 14.4 Å². The Kier molecular flexibility index (Phi) is 3.96. The Bertz CT molecular complexity index is 852. The number of carbonyl (C=O) groups excluding carboxylic acids is 3. The van der Waals surface area contributed by atoms with Gasteiger partial charge in [0.25, 0.3) is 5.91 Å². The normalized spacial score (nSPS) is 16.1. The number of fused-ring (bicyclic) bond motifs is 1. The highest BCUT2D eigenvalue weighted by Gasteiger charge is 2.30. The molecule has 3 amide bonds. The lowest BCUT2D eigenvalue weighted by Crippen LogP contribution is -2.34. The van der Waals surface area contributed by atoms with E-state index in [-0.39, 0.29) is 31.2 Å². The Morgan fingerprint density at radius 1 is 1.32 bits per heavy atom. The van der Waals surface area contributed by atoms with E-state index < -0.39 is 5.91 Å². The van der Waals surface area contributed by atoms with Gasteiger partial charge in [-0.1, -0.05) is 17.4 Å². The van der Waals surface area contributed by atoms with E-state index in [9.17, 15) is 14.4 Å². The zero-order chi connectivity index (χ0) is 15.9. The standard InChI is InChI=1S/C14H12BrN3O3S/c1-17-13-8(15)3-2-4-9(13)22-14(17)16-10(19)7-18-11(20)5-6-12(18)21/h2-4H,5-7H2,1H3. The van der Waals surface area contributed by atoms with E-state index in [0.717, 1.165) is 19.6 Å². The molecular formula is C14H12BrN3O3S. The number of halogens is 1. The van der Waals surface area contributed by atoms with Crippen molar-refractivity contribution in [3.63, 3.8) is 0 Å². The number of aryl methyl sites for hydroxylation is 1. The molecule has 0 unspecified atom stereocenters. The number of rotatable bonds is 2. The number of hydrogen-bond acceptors (Lipinski definition) is 4. The predicted molar refractivity (Wildman–Crippen MR) is 85.0 cm³/mol. The fraction of sp³-hybridized carbons (Fsp3) is 0.286. The lowest BCUT2D eigenvalue weighted by Gasteiger charge is -2.09. The maximum Gasteiger partial charge on any atom is 0.268 e. The zero-order valence-corrected chi connectivity index (χ0v) is 14.1. The van der Waals surface area contributed by atoms with Gasteiger partial charge in [-0.05, 0) is 28.1 Å². The van der Waals surface area contributed by atoms with Crippen molar-refractivity contribution in [3.05, 3.63) is 27.5 Å². The van der Waals surface area contributed by atoms with Crippen LogP contribution in [0.25, 0.3) is 10.2 Å². The molecule has 1 aromatic heterocycles. The number of likely N-dealkylation sites (tertiary alicyclic amines) is 1. The third-order valence-corrected chi connectivity index (χ3v) is 5.18. The van der Waals surface area contributed by atoms with E-state index >= 15 is 0 Å². The van der Waals surface area contributed by atoms with Crippen molar-refractivity contribution in [2.45, 2.75) is 12.8 Å². The van der Waals surface area contributed by atoms with Crippen LogP contribution in [0.5, 0.6) is 0 Å². The van der Waals surface area contributed by atoms with Crippen LogP contribution in [0.4, 0.5) is 0 Å². The van der Waals surface area contributed by atoms with E-state index in [1.165, 1.54) is 11.3 Å². The smallest absolute Gasteiger partial charge is 0.268 e. The van der Waals surface area contributed by atoms with Crippen LogP contribution in [-0.2, 0) is 21.4 Å². The van der Waals surface area contributed by atoms with Crippen LogP contribution >= 0.6 is 27.3 Å². The van der Waals surface area contributed by atoms with Gasteiger partial charge in [0.2, 0.25) is 11.8 Å². The first kappa shape index (κ1) is 15.1.